The van der Waals surface area contributed by atoms with E-state index in [9.17, 15) is 0 Å². The molecule has 0 aliphatic carbocycles. The van der Waals surface area contributed by atoms with Crippen molar-refractivity contribution in [2.45, 2.75) is 13.2 Å². The van der Waals surface area contributed by atoms with Gasteiger partial charge in [0.25, 0.3) is 0 Å². The van der Waals surface area contributed by atoms with E-state index in [-0.39, 0.29) is 0 Å². The minimum absolute atomic E-state index is 0.445. The molecule has 0 fully saturated rings. The van der Waals surface area contributed by atoms with Gasteiger partial charge in [-0.15, -0.1) is 0 Å². The molecule has 0 saturated carbocycles. The molecular formula is C25H27N3O4. The number of fused-ring (bicyclic) bond motifs is 1. The maximum Gasteiger partial charge on any atom is 0.179 e. The second-order valence-corrected chi connectivity index (χ2v) is 7.52. The molecule has 1 heterocycles. The molecule has 32 heavy (non-hydrogen) atoms. The minimum Gasteiger partial charge on any atom is -0.493 e. The maximum atomic E-state index is 6.16. The Hall–Kier alpha value is -3.87. The van der Waals surface area contributed by atoms with Gasteiger partial charge in [0.05, 0.1) is 25.3 Å². The number of benzene rings is 3. The number of nitrogens with zero attached hydrogens (tertiary/aromatic N) is 2. The standard InChI is InChI=1S/C25H27N3O4/c1-28(2)19-11-8-12-20-24(19)25(27-32-20)26-15-18-13-22(29-3)23(30-4)14-21(18)31-16-17-9-6-5-7-10-17/h5-14H,15-16H2,1-4H3,(H,26,27). The first-order valence-electron chi connectivity index (χ1n) is 10.3. The van der Waals surface area contributed by atoms with E-state index in [0.717, 1.165) is 27.8 Å². The highest BCUT2D eigenvalue weighted by atomic mass is 16.5. The third-order valence-corrected chi connectivity index (χ3v) is 5.21. The van der Waals surface area contributed by atoms with E-state index in [4.69, 9.17) is 18.7 Å². The van der Waals surface area contributed by atoms with Crippen LogP contribution in [0.15, 0.2) is 65.2 Å². The summed E-state index contributed by atoms with van der Waals surface area (Å²) >= 11 is 0. The normalized spacial score (nSPS) is 10.8. The van der Waals surface area contributed by atoms with Crippen LogP contribution in [0.5, 0.6) is 17.2 Å². The van der Waals surface area contributed by atoms with Crippen molar-refractivity contribution in [2.75, 3.05) is 38.5 Å². The molecule has 7 heteroatoms. The number of methoxy groups -OCH3 is 2. The molecule has 4 rings (SSSR count). The quantitative estimate of drug-likeness (QED) is 0.394. The van der Waals surface area contributed by atoms with Gasteiger partial charge in [-0.1, -0.05) is 41.6 Å². The molecule has 7 nitrogen and oxygen atoms in total. The zero-order valence-corrected chi connectivity index (χ0v) is 18.7. The predicted octanol–water partition coefficient (Wildman–Crippen LogP) is 5.10. The zero-order valence-electron chi connectivity index (χ0n) is 18.7. The van der Waals surface area contributed by atoms with E-state index in [1.165, 1.54) is 0 Å². The lowest BCUT2D eigenvalue weighted by atomic mass is 10.1. The van der Waals surface area contributed by atoms with Gasteiger partial charge in [-0.2, -0.15) is 0 Å². The van der Waals surface area contributed by atoms with Crippen LogP contribution in [-0.4, -0.2) is 33.5 Å². The van der Waals surface area contributed by atoms with Crippen molar-refractivity contribution < 1.29 is 18.7 Å². The van der Waals surface area contributed by atoms with Gasteiger partial charge in [-0.25, -0.2) is 0 Å². The minimum atomic E-state index is 0.445. The summed E-state index contributed by atoms with van der Waals surface area (Å²) in [6, 6.07) is 19.7. The van der Waals surface area contributed by atoms with Crippen LogP contribution in [0.3, 0.4) is 0 Å². The van der Waals surface area contributed by atoms with Crippen LogP contribution in [-0.2, 0) is 13.2 Å². The van der Waals surface area contributed by atoms with E-state index < -0.39 is 0 Å². The molecule has 0 radical (unpaired) electrons. The van der Waals surface area contributed by atoms with Gasteiger partial charge >= 0.3 is 0 Å². The first kappa shape index (κ1) is 21.4. The third kappa shape index (κ3) is 4.42. The van der Waals surface area contributed by atoms with Gasteiger partial charge in [0.1, 0.15) is 12.4 Å². The monoisotopic (exact) mass is 433 g/mol. The lowest BCUT2D eigenvalue weighted by Crippen LogP contribution is -2.10. The van der Waals surface area contributed by atoms with Gasteiger partial charge in [-0.05, 0) is 23.8 Å². The zero-order chi connectivity index (χ0) is 22.5. The first-order valence-corrected chi connectivity index (χ1v) is 10.3. The van der Waals surface area contributed by atoms with Crippen LogP contribution in [0.1, 0.15) is 11.1 Å². The van der Waals surface area contributed by atoms with Crippen LogP contribution < -0.4 is 24.4 Å². The Morgan fingerprint density at radius 3 is 2.38 bits per heavy atom. The molecule has 0 aliphatic heterocycles. The van der Waals surface area contributed by atoms with Crippen molar-refractivity contribution in [3.8, 4) is 17.2 Å². The Morgan fingerprint density at radius 1 is 0.906 bits per heavy atom. The fraction of sp³-hybridized carbons (Fsp3) is 0.240. The Labute approximate surface area is 187 Å². The average Bonchev–Trinajstić information content (AvgIpc) is 3.25. The second kappa shape index (κ2) is 9.51. The molecule has 0 atom stereocenters. The molecule has 1 N–H and O–H groups in total. The van der Waals surface area contributed by atoms with E-state index >= 15 is 0 Å². The third-order valence-electron chi connectivity index (χ3n) is 5.21. The number of hydrogen-bond acceptors (Lipinski definition) is 7. The second-order valence-electron chi connectivity index (χ2n) is 7.52. The Morgan fingerprint density at radius 2 is 1.66 bits per heavy atom. The predicted molar refractivity (Wildman–Crippen MR) is 126 cm³/mol. The number of anilines is 2. The largest absolute Gasteiger partial charge is 0.493 e. The molecule has 4 aromatic rings. The van der Waals surface area contributed by atoms with Crippen molar-refractivity contribution in [3.63, 3.8) is 0 Å². The van der Waals surface area contributed by atoms with Crippen molar-refractivity contribution in [3.05, 3.63) is 71.8 Å². The van der Waals surface area contributed by atoms with Crippen molar-refractivity contribution in [2.24, 2.45) is 0 Å². The lowest BCUT2D eigenvalue weighted by Gasteiger charge is -2.17. The molecule has 0 unspecified atom stereocenters. The SMILES string of the molecule is COc1cc(CNc2noc3cccc(N(C)C)c23)c(OCc2ccccc2)cc1OC. The highest BCUT2D eigenvalue weighted by Crippen LogP contribution is 2.37. The molecule has 3 aromatic carbocycles. The van der Waals surface area contributed by atoms with Crippen molar-refractivity contribution in [1.29, 1.82) is 0 Å². The van der Waals surface area contributed by atoms with Crippen molar-refractivity contribution in [1.82, 2.24) is 5.16 Å². The van der Waals surface area contributed by atoms with Crippen LogP contribution >= 0.6 is 0 Å². The summed E-state index contributed by atoms with van der Waals surface area (Å²) in [5, 5.41) is 8.58. The molecular weight excluding hydrogens is 406 g/mol. The molecule has 0 amide bonds. The summed E-state index contributed by atoms with van der Waals surface area (Å²) in [6.45, 7) is 0.912. The van der Waals surface area contributed by atoms with Crippen LogP contribution in [0.2, 0.25) is 0 Å². The number of rotatable bonds is 9. The fourth-order valence-electron chi connectivity index (χ4n) is 3.56. The van der Waals surface area contributed by atoms with Gasteiger partial charge in [-0.3, -0.25) is 0 Å². The highest BCUT2D eigenvalue weighted by Gasteiger charge is 2.16. The summed E-state index contributed by atoms with van der Waals surface area (Å²) in [5.74, 6) is 2.63. The summed E-state index contributed by atoms with van der Waals surface area (Å²) in [6.07, 6.45) is 0. The molecule has 0 bridgehead atoms. The van der Waals surface area contributed by atoms with Gasteiger partial charge in [0.2, 0.25) is 0 Å². The molecule has 166 valence electrons. The fourth-order valence-corrected chi connectivity index (χ4v) is 3.56. The molecule has 0 spiro atoms. The average molecular weight is 434 g/mol. The van der Waals surface area contributed by atoms with E-state index in [1.807, 2.05) is 79.7 Å². The summed E-state index contributed by atoms with van der Waals surface area (Å²) in [4.78, 5) is 2.04. The van der Waals surface area contributed by atoms with Crippen molar-refractivity contribution >= 4 is 22.5 Å². The van der Waals surface area contributed by atoms with E-state index in [2.05, 4.69) is 10.5 Å². The number of ether oxygens (including phenoxy) is 3. The van der Waals surface area contributed by atoms with Gasteiger partial charge < -0.3 is 29.0 Å². The van der Waals surface area contributed by atoms with Gasteiger partial charge in [0, 0.05) is 32.3 Å². The topological polar surface area (TPSA) is 69.0 Å². The highest BCUT2D eigenvalue weighted by molar-refractivity contribution is 5.99. The Bertz CT molecular complexity index is 1190. The van der Waals surface area contributed by atoms with Crippen LogP contribution in [0.25, 0.3) is 11.0 Å². The summed E-state index contributed by atoms with van der Waals surface area (Å²) in [5.41, 5.74) is 3.75. The van der Waals surface area contributed by atoms with E-state index in [0.29, 0.717) is 36.2 Å². The summed E-state index contributed by atoms with van der Waals surface area (Å²) < 4.78 is 22.7. The molecule has 1 aromatic heterocycles. The maximum absolute atomic E-state index is 6.16. The first-order chi connectivity index (χ1) is 15.6. The molecule has 0 saturated heterocycles. The van der Waals surface area contributed by atoms with Gasteiger partial charge in [0.15, 0.2) is 22.9 Å². The Kier molecular flexibility index (Phi) is 6.35. The van der Waals surface area contributed by atoms with Crippen LogP contribution in [0, 0.1) is 0 Å². The number of aromatic nitrogens is 1. The van der Waals surface area contributed by atoms with Crippen LogP contribution in [0.4, 0.5) is 11.5 Å². The lowest BCUT2D eigenvalue weighted by molar-refractivity contribution is 0.297. The number of hydrogen-bond donors (Lipinski definition) is 1. The summed E-state index contributed by atoms with van der Waals surface area (Å²) in [7, 11) is 7.22. The molecule has 0 aliphatic rings. The number of nitrogens with one attached hydrogen (secondary N) is 1. The van der Waals surface area contributed by atoms with E-state index in [1.54, 1.807) is 14.2 Å². The Balaban J connectivity index is 1.63. The smallest absolute Gasteiger partial charge is 0.179 e.